The number of anilines is 1. The molecule has 0 saturated carbocycles. The summed E-state index contributed by atoms with van der Waals surface area (Å²) in [6.45, 7) is 6.27. The Hall–Kier alpha value is -3.26. The van der Waals surface area contributed by atoms with Gasteiger partial charge in [-0.25, -0.2) is 0 Å². The lowest BCUT2D eigenvalue weighted by Gasteiger charge is -2.11. The molecule has 0 bridgehead atoms. The third-order valence-electron chi connectivity index (χ3n) is 4.82. The van der Waals surface area contributed by atoms with E-state index in [4.69, 9.17) is 27.9 Å². The number of amides is 1. The molecule has 1 N–H and O–H groups in total. The van der Waals surface area contributed by atoms with Crippen LogP contribution in [0.4, 0.5) is 5.69 Å². The first-order valence-corrected chi connectivity index (χ1v) is 10.7. The van der Waals surface area contributed by atoms with Crippen molar-refractivity contribution >= 4 is 40.9 Å². The number of halogens is 2. The van der Waals surface area contributed by atoms with E-state index in [1.807, 2.05) is 19.9 Å². The second-order valence-corrected chi connectivity index (χ2v) is 8.33. The standard InChI is InChI=1S/C26H22Cl2N2O2/c1-16-9-17(2)11-20(10-16)15-32-25-8-7-19(13-23(25)28)12-21(14-29)26(31)30-24-6-4-5-22(27)18(24)3/h4-13H,15H2,1-3H3,(H,30,31)/b21-12+. The van der Waals surface area contributed by atoms with Crippen LogP contribution < -0.4 is 10.1 Å². The topological polar surface area (TPSA) is 62.1 Å². The number of carbonyl (C=O) groups is 1. The summed E-state index contributed by atoms with van der Waals surface area (Å²) in [6, 6.07) is 18.5. The minimum Gasteiger partial charge on any atom is -0.487 e. The normalized spacial score (nSPS) is 11.1. The SMILES string of the molecule is Cc1cc(C)cc(COc2ccc(/C=C(\C#N)C(=O)Nc3cccc(Cl)c3C)cc2Cl)c1. The van der Waals surface area contributed by atoms with Crippen LogP contribution in [-0.2, 0) is 11.4 Å². The number of hydrogen-bond acceptors (Lipinski definition) is 3. The summed E-state index contributed by atoms with van der Waals surface area (Å²) in [5.74, 6) is 0.00428. The van der Waals surface area contributed by atoms with Gasteiger partial charge >= 0.3 is 0 Å². The lowest BCUT2D eigenvalue weighted by Crippen LogP contribution is -2.14. The summed E-state index contributed by atoms with van der Waals surface area (Å²) in [6.07, 6.45) is 1.48. The van der Waals surface area contributed by atoms with Crippen LogP contribution >= 0.6 is 23.2 Å². The molecule has 0 aliphatic rings. The molecule has 4 nitrogen and oxygen atoms in total. The van der Waals surface area contributed by atoms with Crippen molar-refractivity contribution in [2.75, 3.05) is 5.32 Å². The Morgan fingerprint density at radius 2 is 1.75 bits per heavy atom. The molecule has 3 aromatic carbocycles. The van der Waals surface area contributed by atoms with Gasteiger partial charge in [0.05, 0.1) is 5.02 Å². The highest BCUT2D eigenvalue weighted by Gasteiger charge is 2.13. The number of hydrogen-bond donors (Lipinski definition) is 1. The zero-order chi connectivity index (χ0) is 23.3. The van der Waals surface area contributed by atoms with Gasteiger partial charge in [0, 0.05) is 10.7 Å². The first-order valence-electron chi connectivity index (χ1n) is 9.94. The summed E-state index contributed by atoms with van der Waals surface area (Å²) in [5.41, 5.74) is 5.25. The molecule has 162 valence electrons. The fourth-order valence-electron chi connectivity index (χ4n) is 3.29. The van der Waals surface area contributed by atoms with Crippen molar-refractivity contribution < 1.29 is 9.53 Å². The Kier molecular flexibility index (Phi) is 7.58. The number of aryl methyl sites for hydroxylation is 2. The van der Waals surface area contributed by atoms with E-state index >= 15 is 0 Å². The van der Waals surface area contributed by atoms with Crippen LogP contribution in [0.2, 0.25) is 10.0 Å². The molecule has 0 aliphatic heterocycles. The Morgan fingerprint density at radius 1 is 1.03 bits per heavy atom. The minimum absolute atomic E-state index is 0.0515. The maximum absolute atomic E-state index is 12.6. The highest BCUT2D eigenvalue weighted by atomic mass is 35.5. The minimum atomic E-state index is -0.524. The quantitative estimate of drug-likeness (QED) is 0.314. The maximum atomic E-state index is 12.6. The average molecular weight is 465 g/mol. The number of nitrogens with one attached hydrogen (secondary N) is 1. The molecule has 6 heteroatoms. The molecule has 32 heavy (non-hydrogen) atoms. The molecule has 0 unspecified atom stereocenters. The summed E-state index contributed by atoms with van der Waals surface area (Å²) in [4.78, 5) is 12.6. The van der Waals surface area contributed by atoms with Gasteiger partial charge in [-0.1, -0.05) is 64.7 Å². The maximum Gasteiger partial charge on any atom is 0.266 e. The molecular weight excluding hydrogens is 443 g/mol. The van der Waals surface area contributed by atoms with Crippen molar-refractivity contribution in [3.05, 3.63) is 98.0 Å². The zero-order valence-electron chi connectivity index (χ0n) is 18.0. The molecule has 3 aromatic rings. The van der Waals surface area contributed by atoms with Crippen molar-refractivity contribution in [1.29, 1.82) is 5.26 Å². The molecule has 0 heterocycles. The molecule has 0 spiro atoms. The Bertz CT molecular complexity index is 1220. The molecule has 0 aliphatic carbocycles. The fraction of sp³-hybridized carbons (Fsp3) is 0.154. The number of rotatable bonds is 6. The van der Waals surface area contributed by atoms with E-state index in [9.17, 15) is 10.1 Å². The molecule has 0 saturated heterocycles. The van der Waals surface area contributed by atoms with Gasteiger partial charge in [-0.15, -0.1) is 0 Å². The van der Waals surface area contributed by atoms with Gasteiger partial charge in [-0.3, -0.25) is 4.79 Å². The number of ether oxygens (including phenoxy) is 1. The van der Waals surface area contributed by atoms with Crippen LogP contribution in [0, 0.1) is 32.1 Å². The second-order valence-electron chi connectivity index (χ2n) is 7.51. The number of nitriles is 1. The highest BCUT2D eigenvalue weighted by Crippen LogP contribution is 2.28. The van der Waals surface area contributed by atoms with Crippen molar-refractivity contribution in [3.8, 4) is 11.8 Å². The number of nitrogens with zero attached hydrogens (tertiary/aromatic N) is 1. The summed E-state index contributed by atoms with van der Waals surface area (Å²) in [5, 5.41) is 13.1. The lowest BCUT2D eigenvalue weighted by atomic mass is 10.1. The molecular formula is C26H22Cl2N2O2. The summed E-state index contributed by atoms with van der Waals surface area (Å²) < 4.78 is 5.86. The van der Waals surface area contributed by atoms with Crippen molar-refractivity contribution in [1.82, 2.24) is 0 Å². The van der Waals surface area contributed by atoms with Gasteiger partial charge in [-0.2, -0.15) is 5.26 Å². The molecule has 0 aromatic heterocycles. The van der Waals surface area contributed by atoms with Crippen molar-refractivity contribution in [3.63, 3.8) is 0 Å². The predicted octanol–water partition coefficient (Wildman–Crippen LogP) is 7.04. The van der Waals surface area contributed by atoms with Gasteiger partial charge in [0.1, 0.15) is 24.0 Å². The van der Waals surface area contributed by atoms with Crippen LogP contribution in [-0.4, -0.2) is 5.91 Å². The Balaban J connectivity index is 1.74. The van der Waals surface area contributed by atoms with E-state index in [0.717, 1.165) is 11.1 Å². The van der Waals surface area contributed by atoms with E-state index in [1.54, 1.807) is 43.3 Å². The van der Waals surface area contributed by atoms with E-state index < -0.39 is 5.91 Å². The molecule has 0 fully saturated rings. The van der Waals surface area contributed by atoms with Gasteiger partial charge in [0.15, 0.2) is 0 Å². The van der Waals surface area contributed by atoms with Gasteiger partial charge in [0.2, 0.25) is 0 Å². The van der Waals surface area contributed by atoms with Crippen LogP contribution in [0.15, 0.2) is 60.2 Å². The summed E-state index contributed by atoms with van der Waals surface area (Å²) in [7, 11) is 0. The van der Waals surface area contributed by atoms with E-state index in [1.165, 1.54) is 17.2 Å². The predicted molar refractivity (Wildman–Crippen MR) is 130 cm³/mol. The van der Waals surface area contributed by atoms with Crippen LogP contribution in [0.25, 0.3) is 6.08 Å². The molecule has 1 amide bonds. The average Bonchev–Trinajstić information content (AvgIpc) is 2.74. The van der Waals surface area contributed by atoms with Gasteiger partial charge < -0.3 is 10.1 Å². The second kappa shape index (κ2) is 10.4. The van der Waals surface area contributed by atoms with E-state index in [0.29, 0.717) is 33.7 Å². The highest BCUT2D eigenvalue weighted by molar-refractivity contribution is 6.32. The van der Waals surface area contributed by atoms with Crippen molar-refractivity contribution in [2.45, 2.75) is 27.4 Å². The first-order chi connectivity index (χ1) is 15.3. The smallest absolute Gasteiger partial charge is 0.266 e. The molecule has 3 rings (SSSR count). The number of benzene rings is 3. The van der Waals surface area contributed by atoms with Crippen LogP contribution in [0.3, 0.4) is 0 Å². The van der Waals surface area contributed by atoms with E-state index in [2.05, 4.69) is 23.5 Å². The third-order valence-corrected chi connectivity index (χ3v) is 5.53. The largest absolute Gasteiger partial charge is 0.487 e. The van der Waals surface area contributed by atoms with Crippen molar-refractivity contribution in [2.24, 2.45) is 0 Å². The zero-order valence-corrected chi connectivity index (χ0v) is 19.5. The number of carbonyl (C=O) groups excluding carboxylic acids is 1. The first kappa shape index (κ1) is 23.4. The Morgan fingerprint density at radius 3 is 2.41 bits per heavy atom. The van der Waals surface area contributed by atoms with Crippen LogP contribution in [0.1, 0.15) is 27.8 Å². The fourth-order valence-corrected chi connectivity index (χ4v) is 3.70. The monoisotopic (exact) mass is 464 g/mol. The molecule has 0 atom stereocenters. The Labute approximate surface area is 198 Å². The van der Waals surface area contributed by atoms with Gasteiger partial charge in [0.25, 0.3) is 5.91 Å². The van der Waals surface area contributed by atoms with E-state index in [-0.39, 0.29) is 5.57 Å². The summed E-state index contributed by atoms with van der Waals surface area (Å²) >= 11 is 12.5. The van der Waals surface area contributed by atoms with Crippen LogP contribution in [0.5, 0.6) is 5.75 Å². The molecule has 0 radical (unpaired) electrons. The third kappa shape index (κ3) is 5.91. The van der Waals surface area contributed by atoms with Gasteiger partial charge in [-0.05, 0) is 67.8 Å². The lowest BCUT2D eigenvalue weighted by molar-refractivity contribution is -0.112.